The van der Waals surface area contributed by atoms with E-state index in [4.69, 9.17) is 10.00 Å². The highest BCUT2D eigenvalue weighted by atomic mass is 32.2. The first-order chi connectivity index (χ1) is 12.5. The van der Waals surface area contributed by atoms with Gasteiger partial charge < -0.3 is 10.1 Å². The Balaban J connectivity index is 2.13. The van der Waals surface area contributed by atoms with E-state index in [2.05, 4.69) is 11.4 Å². The number of carbonyl (C=O) groups is 2. The molecule has 1 N–H and O–H groups in total. The second kappa shape index (κ2) is 9.64. The number of hydrogen-bond donors (Lipinski definition) is 1. The molecule has 0 aliphatic carbocycles. The number of amides is 1. The van der Waals surface area contributed by atoms with Gasteiger partial charge in [-0.15, -0.1) is 11.8 Å². The van der Waals surface area contributed by atoms with Crippen molar-refractivity contribution < 1.29 is 14.3 Å². The Kier molecular flexibility index (Phi) is 7.24. The molecular formula is C20H20N2O3S. The fourth-order valence-corrected chi connectivity index (χ4v) is 3.27. The van der Waals surface area contributed by atoms with Gasteiger partial charge in [0.1, 0.15) is 5.75 Å². The van der Waals surface area contributed by atoms with Gasteiger partial charge in [0, 0.05) is 28.2 Å². The molecular weight excluding hydrogens is 348 g/mol. The van der Waals surface area contributed by atoms with E-state index < -0.39 is 0 Å². The second-order valence-corrected chi connectivity index (χ2v) is 6.70. The molecule has 0 saturated heterocycles. The van der Waals surface area contributed by atoms with Gasteiger partial charge in [-0.3, -0.25) is 9.59 Å². The van der Waals surface area contributed by atoms with Crippen LogP contribution in [0.25, 0.3) is 0 Å². The van der Waals surface area contributed by atoms with Crippen molar-refractivity contribution in [2.45, 2.75) is 24.7 Å². The minimum absolute atomic E-state index is 0.0615. The molecule has 0 aliphatic rings. The zero-order chi connectivity index (χ0) is 18.9. The Morgan fingerprint density at radius 3 is 2.69 bits per heavy atom. The molecule has 0 heterocycles. The van der Waals surface area contributed by atoms with Gasteiger partial charge in [-0.2, -0.15) is 5.26 Å². The molecule has 134 valence electrons. The number of nitrogens with one attached hydrogen (secondary N) is 1. The number of hydrogen-bond acceptors (Lipinski definition) is 5. The van der Waals surface area contributed by atoms with Crippen LogP contribution < -0.4 is 10.1 Å². The number of benzene rings is 2. The minimum Gasteiger partial charge on any atom is -0.496 e. The average Bonchev–Trinajstić information content (AvgIpc) is 2.63. The number of ketones is 1. The number of methoxy groups -OCH3 is 1. The minimum atomic E-state index is -0.197. The SMILES string of the molecule is COc1ccc(C(C)=O)cc1CC(=O)Nc1ccccc1SCCC#N. The number of thioether (sulfide) groups is 1. The zero-order valence-electron chi connectivity index (χ0n) is 14.7. The lowest BCUT2D eigenvalue weighted by atomic mass is 10.0. The summed E-state index contributed by atoms with van der Waals surface area (Å²) in [5.41, 5.74) is 1.91. The normalized spacial score (nSPS) is 10.0. The van der Waals surface area contributed by atoms with Crippen molar-refractivity contribution >= 4 is 29.1 Å². The van der Waals surface area contributed by atoms with Gasteiger partial charge in [0.25, 0.3) is 0 Å². The number of carbonyl (C=O) groups excluding carboxylic acids is 2. The van der Waals surface area contributed by atoms with Gasteiger partial charge in [-0.25, -0.2) is 0 Å². The van der Waals surface area contributed by atoms with Crippen LogP contribution in [0.3, 0.4) is 0 Å². The number of para-hydroxylation sites is 1. The van der Waals surface area contributed by atoms with Crippen molar-refractivity contribution in [3.63, 3.8) is 0 Å². The predicted molar refractivity (Wildman–Crippen MR) is 103 cm³/mol. The first-order valence-corrected chi connectivity index (χ1v) is 9.10. The van der Waals surface area contributed by atoms with E-state index in [9.17, 15) is 9.59 Å². The molecule has 0 aliphatic heterocycles. The van der Waals surface area contributed by atoms with Gasteiger partial charge >= 0.3 is 0 Å². The van der Waals surface area contributed by atoms with Crippen molar-refractivity contribution in [2.75, 3.05) is 18.2 Å². The van der Waals surface area contributed by atoms with Crippen molar-refractivity contribution in [3.05, 3.63) is 53.6 Å². The standard InChI is InChI=1S/C20H20N2O3S/c1-14(23)15-8-9-18(25-2)16(12-15)13-20(24)22-17-6-3-4-7-19(17)26-11-5-10-21/h3-4,6-9,12H,5,11,13H2,1-2H3,(H,22,24). The van der Waals surface area contributed by atoms with Crippen LogP contribution in [0.4, 0.5) is 5.69 Å². The summed E-state index contributed by atoms with van der Waals surface area (Å²) in [6.45, 7) is 1.49. The molecule has 0 spiro atoms. The largest absolute Gasteiger partial charge is 0.496 e. The van der Waals surface area contributed by atoms with Crippen LogP contribution in [-0.2, 0) is 11.2 Å². The summed E-state index contributed by atoms with van der Waals surface area (Å²) >= 11 is 1.53. The molecule has 2 rings (SSSR count). The molecule has 26 heavy (non-hydrogen) atoms. The molecule has 0 bridgehead atoms. The first kappa shape index (κ1) is 19.5. The highest BCUT2D eigenvalue weighted by Crippen LogP contribution is 2.28. The number of ether oxygens (including phenoxy) is 1. The molecule has 0 saturated carbocycles. The van der Waals surface area contributed by atoms with Crippen molar-refractivity contribution in [1.29, 1.82) is 5.26 Å². The lowest BCUT2D eigenvalue weighted by Gasteiger charge is -2.12. The third-order valence-corrected chi connectivity index (χ3v) is 4.75. The summed E-state index contributed by atoms with van der Waals surface area (Å²) in [6.07, 6.45) is 0.545. The average molecular weight is 368 g/mol. The smallest absolute Gasteiger partial charge is 0.228 e. The lowest BCUT2D eigenvalue weighted by Crippen LogP contribution is -2.16. The molecule has 2 aromatic carbocycles. The Hall–Kier alpha value is -2.78. The highest BCUT2D eigenvalue weighted by molar-refractivity contribution is 7.99. The molecule has 0 radical (unpaired) electrons. The van der Waals surface area contributed by atoms with Crippen LogP contribution in [0.15, 0.2) is 47.4 Å². The molecule has 0 unspecified atom stereocenters. The quantitative estimate of drug-likeness (QED) is 0.431. The molecule has 2 aromatic rings. The predicted octanol–water partition coefficient (Wildman–Crippen LogP) is 4.08. The van der Waals surface area contributed by atoms with Crippen LogP contribution in [0.1, 0.15) is 29.3 Å². The fourth-order valence-electron chi connectivity index (χ4n) is 2.41. The van der Waals surface area contributed by atoms with Gasteiger partial charge in [-0.05, 0) is 37.3 Å². The van der Waals surface area contributed by atoms with Gasteiger partial charge in [0.15, 0.2) is 5.78 Å². The summed E-state index contributed by atoms with van der Waals surface area (Å²) in [7, 11) is 1.53. The summed E-state index contributed by atoms with van der Waals surface area (Å²) in [6, 6.07) is 14.7. The number of Topliss-reactive ketones (excluding diaryl/α,β-unsaturated/α-hetero) is 1. The number of rotatable bonds is 8. The number of nitriles is 1. The molecule has 1 amide bonds. The Labute approximate surface area is 157 Å². The Morgan fingerprint density at radius 1 is 1.23 bits per heavy atom. The van der Waals surface area contributed by atoms with Crippen LogP contribution in [0.2, 0.25) is 0 Å². The second-order valence-electron chi connectivity index (χ2n) is 5.56. The lowest BCUT2D eigenvalue weighted by molar-refractivity contribution is -0.115. The van der Waals surface area contributed by atoms with Crippen molar-refractivity contribution in [1.82, 2.24) is 0 Å². The molecule has 5 nitrogen and oxygen atoms in total. The van der Waals surface area contributed by atoms with Gasteiger partial charge in [0.2, 0.25) is 5.91 Å². The van der Waals surface area contributed by atoms with Crippen LogP contribution in [0.5, 0.6) is 5.75 Å². The molecule has 0 atom stereocenters. The van der Waals surface area contributed by atoms with Crippen LogP contribution in [-0.4, -0.2) is 24.6 Å². The fraction of sp³-hybridized carbons (Fsp3) is 0.250. The van der Waals surface area contributed by atoms with Crippen LogP contribution in [0, 0.1) is 11.3 Å². The zero-order valence-corrected chi connectivity index (χ0v) is 15.6. The number of anilines is 1. The topological polar surface area (TPSA) is 79.2 Å². The third kappa shape index (κ3) is 5.36. The Bertz CT molecular complexity index is 843. The van der Waals surface area contributed by atoms with Gasteiger partial charge in [-0.1, -0.05) is 12.1 Å². The van der Waals surface area contributed by atoms with E-state index in [0.717, 1.165) is 4.90 Å². The maximum Gasteiger partial charge on any atom is 0.228 e. The van der Waals surface area contributed by atoms with Crippen molar-refractivity contribution in [2.24, 2.45) is 0 Å². The summed E-state index contributed by atoms with van der Waals surface area (Å²) in [5.74, 6) is 0.977. The highest BCUT2D eigenvalue weighted by Gasteiger charge is 2.13. The van der Waals surface area contributed by atoms with E-state index in [-0.39, 0.29) is 18.1 Å². The molecule has 6 heteroatoms. The van der Waals surface area contributed by atoms with E-state index in [0.29, 0.717) is 34.7 Å². The van der Waals surface area contributed by atoms with E-state index >= 15 is 0 Å². The first-order valence-electron chi connectivity index (χ1n) is 8.11. The van der Waals surface area contributed by atoms with Gasteiger partial charge in [0.05, 0.1) is 25.3 Å². The van der Waals surface area contributed by atoms with Crippen molar-refractivity contribution in [3.8, 4) is 11.8 Å². The molecule has 0 fully saturated rings. The summed E-state index contributed by atoms with van der Waals surface area (Å²) < 4.78 is 5.29. The van der Waals surface area contributed by atoms with E-state index in [1.807, 2.05) is 24.3 Å². The third-order valence-electron chi connectivity index (χ3n) is 3.67. The van der Waals surface area contributed by atoms with E-state index in [1.165, 1.54) is 25.8 Å². The summed E-state index contributed by atoms with van der Waals surface area (Å²) in [4.78, 5) is 25.0. The van der Waals surface area contributed by atoms with Crippen LogP contribution >= 0.6 is 11.8 Å². The number of nitrogens with zero attached hydrogens (tertiary/aromatic N) is 1. The monoisotopic (exact) mass is 368 g/mol. The summed E-state index contributed by atoms with van der Waals surface area (Å²) in [5, 5.41) is 11.6. The maximum atomic E-state index is 12.5. The maximum absolute atomic E-state index is 12.5. The molecule has 0 aromatic heterocycles. The Morgan fingerprint density at radius 2 is 2.00 bits per heavy atom. The van der Waals surface area contributed by atoms with E-state index in [1.54, 1.807) is 18.2 Å².